The lowest BCUT2D eigenvalue weighted by Crippen LogP contribution is -2.55. The van der Waals surface area contributed by atoms with Crippen molar-refractivity contribution in [3.05, 3.63) is 0 Å². The Morgan fingerprint density at radius 1 is 1.21 bits per heavy atom. The second kappa shape index (κ2) is 4.92. The molecule has 0 saturated carbocycles. The summed E-state index contributed by atoms with van der Waals surface area (Å²) in [5.41, 5.74) is 0. The Balaban J connectivity index is 4.94. The molecule has 2 atom stereocenters. The SMILES string of the molecule is CCC(O)(O)N(C(C)C#N)C(C)C#N. The maximum atomic E-state index is 9.57. The molecular formula is C9H15N3O2. The van der Waals surface area contributed by atoms with Crippen LogP contribution in [0.5, 0.6) is 0 Å². The zero-order valence-corrected chi connectivity index (χ0v) is 8.60. The average molecular weight is 197 g/mol. The normalized spacial score (nSPS) is 15.7. The molecule has 0 heterocycles. The standard InChI is InChI=1S/C9H15N3O2/c1-4-9(13,14)12(7(2)5-10)8(3)6-11/h7-8,13-14H,4H2,1-3H3. The molecule has 5 heteroatoms. The van der Waals surface area contributed by atoms with Crippen LogP contribution in [0, 0.1) is 22.7 Å². The van der Waals surface area contributed by atoms with E-state index < -0.39 is 18.0 Å². The highest BCUT2D eigenvalue weighted by atomic mass is 16.5. The van der Waals surface area contributed by atoms with Crippen LogP contribution in [0.15, 0.2) is 0 Å². The van der Waals surface area contributed by atoms with Gasteiger partial charge in [-0.05, 0) is 13.8 Å². The van der Waals surface area contributed by atoms with Crippen LogP contribution in [0.2, 0.25) is 0 Å². The Morgan fingerprint density at radius 3 is 1.79 bits per heavy atom. The van der Waals surface area contributed by atoms with Crippen LogP contribution in [-0.2, 0) is 0 Å². The number of hydrogen-bond donors (Lipinski definition) is 2. The van der Waals surface area contributed by atoms with Crippen molar-refractivity contribution in [2.75, 3.05) is 0 Å². The third-order valence-corrected chi connectivity index (χ3v) is 2.10. The van der Waals surface area contributed by atoms with Gasteiger partial charge in [-0.25, -0.2) is 4.90 Å². The molecule has 0 aromatic carbocycles. The smallest absolute Gasteiger partial charge is 0.226 e. The van der Waals surface area contributed by atoms with Crippen LogP contribution >= 0.6 is 0 Å². The monoisotopic (exact) mass is 197 g/mol. The molecule has 0 aromatic rings. The number of hydrogen-bond acceptors (Lipinski definition) is 5. The highest BCUT2D eigenvalue weighted by Gasteiger charge is 2.37. The molecule has 0 saturated heterocycles. The van der Waals surface area contributed by atoms with Crippen LogP contribution in [0.25, 0.3) is 0 Å². The fourth-order valence-electron chi connectivity index (χ4n) is 1.26. The van der Waals surface area contributed by atoms with E-state index in [9.17, 15) is 10.2 Å². The maximum absolute atomic E-state index is 9.57. The number of rotatable bonds is 4. The first-order valence-electron chi connectivity index (χ1n) is 4.43. The first-order valence-corrected chi connectivity index (χ1v) is 4.43. The van der Waals surface area contributed by atoms with Gasteiger partial charge in [0.15, 0.2) is 0 Å². The summed E-state index contributed by atoms with van der Waals surface area (Å²) < 4.78 is 0. The first-order chi connectivity index (χ1) is 6.40. The molecular weight excluding hydrogens is 182 g/mol. The van der Waals surface area contributed by atoms with Crippen molar-refractivity contribution in [2.24, 2.45) is 0 Å². The van der Waals surface area contributed by atoms with E-state index in [2.05, 4.69) is 0 Å². The lowest BCUT2D eigenvalue weighted by molar-refractivity contribution is -0.276. The molecule has 0 aliphatic carbocycles. The van der Waals surface area contributed by atoms with Gasteiger partial charge < -0.3 is 10.2 Å². The highest BCUT2D eigenvalue weighted by Crippen LogP contribution is 2.19. The predicted molar refractivity (Wildman–Crippen MR) is 49.4 cm³/mol. The summed E-state index contributed by atoms with van der Waals surface area (Å²) in [6.07, 6.45) is 0.0328. The van der Waals surface area contributed by atoms with E-state index in [1.165, 1.54) is 13.8 Å². The van der Waals surface area contributed by atoms with E-state index in [-0.39, 0.29) is 6.42 Å². The van der Waals surface area contributed by atoms with Gasteiger partial charge in [0.2, 0.25) is 5.91 Å². The second-order valence-corrected chi connectivity index (χ2v) is 3.15. The van der Waals surface area contributed by atoms with Crippen molar-refractivity contribution < 1.29 is 10.2 Å². The Morgan fingerprint density at radius 2 is 1.57 bits per heavy atom. The lowest BCUT2D eigenvalue weighted by Gasteiger charge is -2.37. The van der Waals surface area contributed by atoms with Gasteiger partial charge in [0.05, 0.1) is 12.1 Å². The molecule has 0 spiro atoms. The van der Waals surface area contributed by atoms with Crippen molar-refractivity contribution in [3.8, 4) is 12.1 Å². The van der Waals surface area contributed by atoms with E-state index in [1.54, 1.807) is 6.92 Å². The molecule has 0 amide bonds. The molecule has 0 radical (unpaired) electrons. The van der Waals surface area contributed by atoms with Crippen molar-refractivity contribution in [3.63, 3.8) is 0 Å². The number of aliphatic hydroxyl groups is 2. The Labute approximate surface area is 83.8 Å². The van der Waals surface area contributed by atoms with E-state index in [0.717, 1.165) is 4.90 Å². The third-order valence-electron chi connectivity index (χ3n) is 2.10. The van der Waals surface area contributed by atoms with Gasteiger partial charge >= 0.3 is 0 Å². The van der Waals surface area contributed by atoms with E-state index >= 15 is 0 Å². The molecule has 0 aliphatic rings. The topological polar surface area (TPSA) is 91.3 Å². The Kier molecular flexibility index (Phi) is 4.52. The summed E-state index contributed by atoms with van der Waals surface area (Å²) >= 11 is 0. The van der Waals surface area contributed by atoms with Gasteiger partial charge in [-0.2, -0.15) is 10.5 Å². The summed E-state index contributed by atoms with van der Waals surface area (Å²) in [6, 6.07) is 2.31. The molecule has 0 aliphatic heterocycles. The highest BCUT2D eigenvalue weighted by molar-refractivity contribution is 4.99. The second-order valence-electron chi connectivity index (χ2n) is 3.15. The summed E-state index contributed by atoms with van der Waals surface area (Å²) in [6.45, 7) is 4.61. The fourth-order valence-corrected chi connectivity index (χ4v) is 1.26. The minimum Gasteiger partial charge on any atom is -0.353 e. The van der Waals surface area contributed by atoms with Crippen molar-refractivity contribution >= 4 is 0 Å². The van der Waals surface area contributed by atoms with Crippen molar-refractivity contribution in [1.29, 1.82) is 10.5 Å². The predicted octanol–water partition coefficient (Wildman–Crippen LogP) is 0.161. The molecule has 5 nitrogen and oxygen atoms in total. The van der Waals surface area contributed by atoms with Gasteiger partial charge in [0, 0.05) is 6.42 Å². The minimum absolute atomic E-state index is 0.0328. The van der Waals surface area contributed by atoms with Crippen LogP contribution in [0.3, 0.4) is 0 Å². The number of nitrogens with zero attached hydrogens (tertiary/aromatic N) is 3. The average Bonchev–Trinajstić information content (AvgIpc) is 2.17. The van der Waals surface area contributed by atoms with Crippen molar-refractivity contribution in [2.45, 2.75) is 45.2 Å². The van der Waals surface area contributed by atoms with E-state index in [4.69, 9.17) is 10.5 Å². The van der Waals surface area contributed by atoms with Crippen LogP contribution in [0.1, 0.15) is 27.2 Å². The van der Waals surface area contributed by atoms with Crippen LogP contribution < -0.4 is 0 Å². The Bertz CT molecular complexity index is 244. The third kappa shape index (κ3) is 2.68. The molecule has 0 aromatic heterocycles. The summed E-state index contributed by atoms with van der Waals surface area (Å²) in [5, 5.41) is 36.5. The van der Waals surface area contributed by atoms with Gasteiger partial charge in [0.25, 0.3) is 0 Å². The minimum atomic E-state index is -2.11. The van der Waals surface area contributed by atoms with E-state index in [1.807, 2.05) is 12.1 Å². The zero-order chi connectivity index (χ0) is 11.4. The first kappa shape index (κ1) is 12.9. The summed E-state index contributed by atoms with van der Waals surface area (Å²) in [4.78, 5) is 1.08. The van der Waals surface area contributed by atoms with E-state index in [0.29, 0.717) is 0 Å². The molecule has 2 N–H and O–H groups in total. The van der Waals surface area contributed by atoms with Crippen LogP contribution in [0.4, 0.5) is 0 Å². The van der Waals surface area contributed by atoms with Gasteiger partial charge in [-0.1, -0.05) is 6.92 Å². The molecule has 0 rings (SSSR count). The summed E-state index contributed by atoms with van der Waals surface area (Å²) in [5.74, 6) is -2.11. The number of nitriles is 2. The van der Waals surface area contributed by atoms with Gasteiger partial charge in [-0.3, -0.25) is 0 Å². The fraction of sp³-hybridized carbons (Fsp3) is 0.778. The van der Waals surface area contributed by atoms with Gasteiger partial charge in [0.1, 0.15) is 12.1 Å². The molecule has 0 bridgehead atoms. The molecule has 0 fully saturated rings. The van der Waals surface area contributed by atoms with Crippen molar-refractivity contribution in [1.82, 2.24) is 4.90 Å². The molecule has 2 unspecified atom stereocenters. The maximum Gasteiger partial charge on any atom is 0.226 e. The van der Waals surface area contributed by atoms with Gasteiger partial charge in [-0.15, -0.1) is 0 Å². The molecule has 14 heavy (non-hydrogen) atoms. The molecule has 78 valence electrons. The lowest BCUT2D eigenvalue weighted by atomic mass is 10.1. The van der Waals surface area contributed by atoms with Crippen LogP contribution in [-0.4, -0.2) is 33.1 Å². The largest absolute Gasteiger partial charge is 0.353 e. The quantitative estimate of drug-likeness (QED) is 0.626. The zero-order valence-electron chi connectivity index (χ0n) is 8.60. The Hall–Kier alpha value is -1.14. The summed E-state index contributed by atoms with van der Waals surface area (Å²) in [7, 11) is 0.